The van der Waals surface area contributed by atoms with Crippen LogP contribution >= 0.6 is 11.6 Å². The Bertz CT molecular complexity index is 986. The number of fused-ring (bicyclic) bond motifs is 1. The van der Waals surface area contributed by atoms with Crippen molar-refractivity contribution in [2.75, 3.05) is 6.61 Å². The first-order chi connectivity index (χ1) is 14.2. The van der Waals surface area contributed by atoms with Crippen LogP contribution in [-0.2, 0) is 16.5 Å². The number of aryl methyl sites for hydroxylation is 1. The number of hydrogen-bond acceptors (Lipinski definition) is 5. The number of halogens is 1. The van der Waals surface area contributed by atoms with Gasteiger partial charge in [-0.1, -0.05) is 11.6 Å². The van der Waals surface area contributed by atoms with Crippen molar-refractivity contribution in [1.29, 1.82) is 0 Å². The zero-order valence-corrected chi connectivity index (χ0v) is 17.4. The second-order valence-electron chi connectivity index (χ2n) is 8.08. The zero-order valence-electron chi connectivity index (χ0n) is 16.6. The minimum Gasteiger partial charge on any atom is -0.353 e. The van der Waals surface area contributed by atoms with Gasteiger partial charge >= 0.3 is 0 Å². The molecule has 3 aromatic rings. The fourth-order valence-corrected chi connectivity index (χ4v) is 4.65. The van der Waals surface area contributed by atoms with Crippen LogP contribution in [0.25, 0.3) is 22.2 Å². The predicted molar refractivity (Wildman–Crippen MR) is 111 cm³/mol. The molecule has 0 bridgehead atoms. The summed E-state index contributed by atoms with van der Waals surface area (Å²) in [6.45, 7) is 0.825. The molecule has 1 saturated carbocycles. The number of nitrogens with zero attached hydrogens (tertiary/aromatic N) is 5. The minimum absolute atomic E-state index is 0.0158. The first kappa shape index (κ1) is 19.0. The maximum absolute atomic E-state index is 6.22. The second kappa shape index (κ2) is 8.05. The van der Waals surface area contributed by atoms with E-state index in [1.165, 1.54) is 6.42 Å². The van der Waals surface area contributed by atoms with E-state index in [0.717, 1.165) is 67.3 Å². The number of aromatic nitrogens is 5. The number of ether oxygens (including phenoxy) is 2. The van der Waals surface area contributed by atoms with E-state index in [1.54, 1.807) is 4.68 Å². The smallest absolute Gasteiger partial charge is 0.157 e. The largest absolute Gasteiger partial charge is 0.353 e. The highest BCUT2D eigenvalue weighted by atomic mass is 35.5. The Morgan fingerprint density at radius 3 is 2.72 bits per heavy atom. The fraction of sp³-hybridized carbons (Fsp3) is 0.571. The Kier molecular flexibility index (Phi) is 5.28. The molecule has 0 radical (unpaired) electrons. The first-order valence-corrected chi connectivity index (χ1v) is 10.8. The topological polar surface area (TPSA) is 67.0 Å². The lowest BCUT2D eigenvalue weighted by Gasteiger charge is -2.33. The lowest BCUT2D eigenvalue weighted by Crippen LogP contribution is -2.31. The molecule has 154 valence electrons. The quantitative estimate of drug-likeness (QED) is 0.586. The molecule has 7 nitrogen and oxygen atoms in total. The van der Waals surface area contributed by atoms with Gasteiger partial charge in [-0.25, -0.2) is 4.98 Å². The molecule has 1 aliphatic heterocycles. The third-order valence-electron chi connectivity index (χ3n) is 6.01. The van der Waals surface area contributed by atoms with Gasteiger partial charge in [0.1, 0.15) is 10.8 Å². The van der Waals surface area contributed by atoms with Crippen LogP contribution in [0.2, 0.25) is 5.15 Å². The second-order valence-corrected chi connectivity index (χ2v) is 8.47. The molecule has 0 N–H and O–H groups in total. The molecule has 0 spiro atoms. The molecule has 1 aliphatic carbocycles. The summed E-state index contributed by atoms with van der Waals surface area (Å²) < 4.78 is 15.9. The standard InChI is InChI=1S/C21H26ClN5O2/c1-26-13-14(11-24-26)21-17-12-23-19(22)10-18(17)27(25-21)15-5-7-16(8-6-15)29-20-4-2-3-9-28-20/h10-13,15-16,20H,2-9H2,1H3. The van der Waals surface area contributed by atoms with Crippen molar-refractivity contribution in [3.63, 3.8) is 0 Å². The summed E-state index contributed by atoms with van der Waals surface area (Å²) in [7, 11) is 1.91. The summed E-state index contributed by atoms with van der Waals surface area (Å²) in [5, 5.41) is 10.8. The van der Waals surface area contributed by atoms with Gasteiger partial charge in [-0.15, -0.1) is 0 Å². The molecule has 1 saturated heterocycles. The third-order valence-corrected chi connectivity index (χ3v) is 6.22. The van der Waals surface area contributed by atoms with Crippen LogP contribution in [0.4, 0.5) is 0 Å². The van der Waals surface area contributed by atoms with Gasteiger partial charge in [0.15, 0.2) is 6.29 Å². The lowest BCUT2D eigenvalue weighted by molar-refractivity contribution is -0.194. The molecule has 1 unspecified atom stereocenters. The van der Waals surface area contributed by atoms with Crippen LogP contribution in [0.1, 0.15) is 51.0 Å². The van der Waals surface area contributed by atoms with E-state index in [2.05, 4.69) is 14.8 Å². The summed E-state index contributed by atoms with van der Waals surface area (Å²) in [5.41, 5.74) is 2.93. The Hall–Kier alpha value is -1.96. The van der Waals surface area contributed by atoms with Gasteiger partial charge in [0.2, 0.25) is 0 Å². The summed E-state index contributed by atoms with van der Waals surface area (Å²) in [5.74, 6) is 0. The van der Waals surface area contributed by atoms with E-state index in [1.807, 2.05) is 31.7 Å². The molecule has 5 rings (SSSR count). The summed E-state index contributed by atoms with van der Waals surface area (Å²) in [4.78, 5) is 4.29. The molecule has 3 aromatic heterocycles. The van der Waals surface area contributed by atoms with Crippen molar-refractivity contribution in [3.8, 4) is 11.3 Å². The van der Waals surface area contributed by atoms with Crippen LogP contribution in [0.5, 0.6) is 0 Å². The van der Waals surface area contributed by atoms with E-state index >= 15 is 0 Å². The Balaban J connectivity index is 1.37. The predicted octanol–water partition coefficient (Wildman–Crippen LogP) is 4.51. The van der Waals surface area contributed by atoms with Gasteiger partial charge < -0.3 is 9.47 Å². The number of rotatable bonds is 4. The highest BCUT2D eigenvalue weighted by molar-refractivity contribution is 6.30. The average molecular weight is 416 g/mol. The highest BCUT2D eigenvalue weighted by Gasteiger charge is 2.28. The van der Waals surface area contributed by atoms with Gasteiger partial charge in [0.05, 0.1) is 23.9 Å². The molecule has 8 heteroatoms. The van der Waals surface area contributed by atoms with E-state index < -0.39 is 0 Å². The van der Waals surface area contributed by atoms with Crippen LogP contribution in [0.3, 0.4) is 0 Å². The van der Waals surface area contributed by atoms with Crippen molar-refractivity contribution < 1.29 is 9.47 Å². The fourth-order valence-electron chi connectivity index (χ4n) is 4.50. The van der Waals surface area contributed by atoms with Crippen molar-refractivity contribution in [3.05, 3.63) is 29.8 Å². The SMILES string of the molecule is Cn1cc(-c2nn(C3CCC(OC4CCCCO4)CC3)c3cc(Cl)ncc23)cn1. The molecule has 2 aliphatic rings. The maximum Gasteiger partial charge on any atom is 0.157 e. The van der Waals surface area contributed by atoms with Crippen molar-refractivity contribution >= 4 is 22.5 Å². The molecule has 0 aromatic carbocycles. The summed E-state index contributed by atoms with van der Waals surface area (Å²) in [6.07, 6.45) is 13.4. The van der Waals surface area contributed by atoms with Gasteiger partial charge in [-0.2, -0.15) is 10.2 Å². The van der Waals surface area contributed by atoms with Crippen LogP contribution in [-0.4, -0.2) is 43.5 Å². The highest BCUT2D eigenvalue weighted by Crippen LogP contribution is 2.36. The Morgan fingerprint density at radius 2 is 2.00 bits per heavy atom. The molecular weight excluding hydrogens is 390 g/mol. The number of hydrogen-bond donors (Lipinski definition) is 0. The van der Waals surface area contributed by atoms with Gasteiger partial charge in [-0.3, -0.25) is 9.36 Å². The molecule has 29 heavy (non-hydrogen) atoms. The first-order valence-electron chi connectivity index (χ1n) is 10.5. The Morgan fingerprint density at radius 1 is 1.14 bits per heavy atom. The van der Waals surface area contributed by atoms with E-state index in [4.69, 9.17) is 26.2 Å². The van der Waals surface area contributed by atoms with E-state index in [0.29, 0.717) is 11.2 Å². The summed E-state index contributed by atoms with van der Waals surface area (Å²) in [6, 6.07) is 2.25. The number of pyridine rings is 1. The minimum atomic E-state index is -0.0158. The normalized spacial score (nSPS) is 25.5. The third kappa shape index (κ3) is 3.91. The van der Waals surface area contributed by atoms with E-state index in [-0.39, 0.29) is 12.4 Å². The van der Waals surface area contributed by atoms with Gasteiger partial charge in [0.25, 0.3) is 0 Å². The lowest BCUT2D eigenvalue weighted by atomic mass is 9.93. The zero-order chi connectivity index (χ0) is 19.8. The molecule has 1 atom stereocenters. The summed E-state index contributed by atoms with van der Waals surface area (Å²) >= 11 is 6.22. The van der Waals surface area contributed by atoms with E-state index in [9.17, 15) is 0 Å². The molecule has 2 fully saturated rings. The van der Waals surface area contributed by atoms with Crippen molar-refractivity contribution in [1.82, 2.24) is 24.5 Å². The van der Waals surface area contributed by atoms with Gasteiger partial charge in [-0.05, 0) is 44.9 Å². The van der Waals surface area contributed by atoms with Crippen molar-refractivity contribution in [2.24, 2.45) is 7.05 Å². The molecular formula is C21H26ClN5O2. The average Bonchev–Trinajstić information content (AvgIpc) is 3.33. The van der Waals surface area contributed by atoms with Crippen LogP contribution in [0, 0.1) is 0 Å². The molecule has 4 heterocycles. The van der Waals surface area contributed by atoms with Crippen molar-refractivity contribution in [2.45, 2.75) is 63.4 Å². The monoisotopic (exact) mass is 415 g/mol. The van der Waals surface area contributed by atoms with Crippen LogP contribution in [0.15, 0.2) is 24.7 Å². The van der Waals surface area contributed by atoms with Crippen LogP contribution < -0.4 is 0 Å². The molecule has 0 amide bonds. The maximum atomic E-state index is 6.22. The van der Waals surface area contributed by atoms with Gasteiger partial charge in [0, 0.05) is 43.1 Å². The Labute approximate surface area is 175 Å².